The summed E-state index contributed by atoms with van der Waals surface area (Å²) < 4.78 is 12.5. The van der Waals surface area contributed by atoms with Crippen molar-refractivity contribution in [1.29, 1.82) is 0 Å². The van der Waals surface area contributed by atoms with E-state index >= 15 is 0 Å². The highest BCUT2D eigenvalue weighted by Crippen LogP contribution is 2.32. The van der Waals surface area contributed by atoms with E-state index in [-0.39, 0.29) is 17.1 Å². The van der Waals surface area contributed by atoms with Crippen molar-refractivity contribution in [2.45, 2.75) is 0 Å². The van der Waals surface area contributed by atoms with Crippen LogP contribution in [0.4, 0.5) is 5.69 Å². The Morgan fingerprint density at radius 2 is 1.85 bits per heavy atom. The highest BCUT2D eigenvalue weighted by Gasteiger charge is 2.18. The molecule has 0 aliphatic heterocycles. The number of rotatable bonds is 5. The second kappa shape index (κ2) is 8.04. The molecular formula is C24H16N4O5. The minimum atomic E-state index is -0.505. The maximum absolute atomic E-state index is 13.3. The third kappa shape index (κ3) is 3.51. The number of para-hydroxylation sites is 2. The zero-order valence-corrected chi connectivity index (χ0v) is 17.3. The molecule has 0 radical (unpaired) electrons. The molecule has 0 unspecified atom stereocenters. The Morgan fingerprint density at radius 1 is 1.06 bits per heavy atom. The van der Waals surface area contributed by atoms with Crippen molar-refractivity contribution in [2.24, 2.45) is 5.10 Å². The van der Waals surface area contributed by atoms with Crippen molar-refractivity contribution in [1.82, 2.24) is 9.66 Å². The first-order valence-corrected chi connectivity index (χ1v) is 9.93. The van der Waals surface area contributed by atoms with Crippen LogP contribution in [0.1, 0.15) is 5.56 Å². The molecule has 0 saturated heterocycles. The van der Waals surface area contributed by atoms with E-state index in [1.807, 2.05) is 0 Å². The molecule has 2 aromatic heterocycles. The molecule has 0 spiro atoms. The van der Waals surface area contributed by atoms with Gasteiger partial charge in [0.05, 0.1) is 40.1 Å². The van der Waals surface area contributed by atoms with Gasteiger partial charge in [0.25, 0.3) is 11.2 Å². The van der Waals surface area contributed by atoms with Crippen LogP contribution in [0.15, 0.2) is 87.1 Å². The first-order chi connectivity index (χ1) is 16.1. The van der Waals surface area contributed by atoms with E-state index in [0.29, 0.717) is 33.4 Å². The minimum absolute atomic E-state index is 0.127. The lowest BCUT2D eigenvalue weighted by Gasteiger charge is -2.07. The molecule has 0 bridgehead atoms. The van der Waals surface area contributed by atoms with Crippen molar-refractivity contribution in [3.63, 3.8) is 0 Å². The maximum Gasteiger partial charge on any atom is 0.282 e. The summed E-state index contributed by atoms with van der Waals surface area (Å²) in [5, 5.41) is 16.7. The van der Waals surface area contributed by atoms with Gasteiger partial charge in [-0.05, 0) is 36.4 Å². The van der Waals surface area contributed by atoms with E-state index in [2.05, 4.69) is 10.1 Å². The molecule has 0 saturated carbocycles. The Kier molecular flexibility index (Phi) is 4.91. The van der Waals surface area contributed by atoms with Crippen molar-refractivity contribution in [3.05, 3.63) is 98.8 Å². The number of hydrogen-bond acceptors (Lipinski definition) is 7. The molecule has 0 aliphatic carbocycles. The standard InChI is InChI=1S/C24H16N4O5/c1-32-20-11-6-12-21-17(20)13-22(33-21)23-26-18-9-4-3-8-16(18)24(29)27(23)25-14-15-7-2-5-10-19(15)28(30)31/h2-14H,1H3. The van der Waals surface area contributed by atoms with E-state index in [1.54, 1.807) is 73.8 Å². The van der Waals surface area contributed by atoms with Crippen LogP contribution in [-0.2, 0) is 0 Å². The van der Waals surface area contributed by atoms with Gasteiger partial charge in [-0.15, -0.1) is 0 Å². The predicted molar refractivity (Wildman–Crippen MR) is 124 cm³/mol. The summed E-state index contributed by atoms with van der Waals surface area (Å²) in [6, 6.07) is 20.1. The average molecular weight is 440 g/mol. The van der Waals surface area contributed by atoms with Gasteiger partial charge in [0.1, 0.15) is 11.3 Å². The Balaban J connectivity index is 1.75. The number of ether oxygens (including phenoxy) is 1. The average Bonchev–Trinajstić information content (AvgIpc) is 3.28. The zero-order valence-electron chi connectivity index (χ0n) is 17.3. The Hall–Kier alpha value is -4.79. The zero-order chi connectivity index (χ0) is 22.9. The van der Waals surface area contributed by atoms with Crippen LogP contribution >= 0.6 is 0 Å². The number of methoxy groups -OCH3 is 1. The number of fused-ring (bicyclic) bond motifs is 2. The van der Waals surface area contributed by atoms with Crippen molar-refractivity contribution in [3.8, 4) is 17.3 Å². The number of nitro groups is 1. The molecule has 9 heteroatoms. The quantitative estimate of drug-likeness (QED) is 0.224. The van der Waals surface area contributed by atoms with Gasteiger partial charge in [0.15, 0.2) is 5.76 Å². The summed E-state index contributed by atoms with van der Waals surface area (Å²) in [4.78, 5) is 28.8. The van der Waals surface area contributed by atoms with Gasteiger partial charge in [0.2, 0.25) is 5.82 Å². The van der Waals surface area contributed by atoms with Crippen LogP contribution in [0.5, 0.6) is 5.75 Å². The van der Waals surface area contributed by atoms with Gasteiger partial charge >= 0.3 is 0 Å². The number of benzene rings is 3. The summed E-state index contributed by atoms with van der Waals surface area (Å²) in [5.41, 5.74) is 0.721. The lowest BCUT2D eigenvalue weighted by molar-refractivity contribution is -0.385. The van der Waals surface area contributed by atoms with Crippen molar-refractivity contribution >= 4 is 33.8 Å². The Labute approximate surface area is 186 Å². The lowest BCUT2D eigenvalue weighted by Crippen LogP contribution is -2.20. The molecule has 3 aromatic carbocycles. The molecule has 5 rings (SSSR count). The topological polar surface area (TPSA) is 113 Å². The van der Waals surface area contributed by atoms with Crippen LogP contribution in [0.25, 0.3) is 33.5 Å². The summed E-state index contributed by atoms with van der Waals surface area (Å²) in [6.07, 6.45) is 1.27. The van der Waals surface area contributed by atoms with E-state index in [1.165, 1.54) is 12.3 Å². The van der Waals surface area contributed by atoms with Crippen molar-refractivity contribution < 1.29 is 14.1 Å². The molecular weight excluding hydrogens is 424 g/mol. The number of hydrogen-bond donors (Lipinski definition) is 0. The lowest BCUT2D eigenvalue weighted by atomic mass is 10.2. The summed E-state index contributed by atoms with van der Waals surface area (Å²) in [7, 11) is 1.56. The van der Waals surface area contributed by atoms with Crippen molar-refractivity contribution in [2.75, 3.05) is 7.11 Å². The number of nitro benzene ring substituents is 1. The Morgan fingerprint density at radius 3 is 2.67 bits per heavy atom. The van der Waals surface area contributed by atoms with Gasteiger partial charge in [0, 0.05) is 6.07 Å². The van der Waals surface area contributed by atoms with Gasteiger partial charge in [-0.25, -0.2) is 4.98 Å². The summed E-state index contributed by atoms with van der Waals surface area (Å²) >= 11 is 0. The van der Waals surface area contributed by atoms with E-state index in [0.717, 1.165) is 4.68 Å². The van der Waals surface area contributed by atoms with Crippen LogP contribution in [0.3, 0.4) is 0 Å². The largest absolute Gasteiger partial charge is 0.496 e. The molecule has 9 nitrogen and oxygen atoms in total. The molecule has 0 fully saturated rings. The normalized spacial score (nSPS) is 11.4. The summed E-state index contributed by atoms with van der Waals surface area (Å²) in [6.45, 7) is 0. The van der Waals surface area contributed by atoms with Crippen LogP contribution < -0.4 is 10.3 Å². The summed E-state index contributed by atoms with van der Waals surface area (Å²) in [5.74, 6) is 1.07. The monoisotopic (exact) mass is 440 g/mol. The predicted octanol–water partition coefficient (Wildman–Crippen LogP) is 4.61. The van der Waals surface area contributed by atoms with Gasteiger partial charge in [-0.1, -0.05) is 30.3 Å². The molecule has 0 N–H and O–H groups in total. The SMILES string of the molecule is COc1cccc2oc(-c3nc4ccccc4c(=O)n3N=Cc3ccccc3[N+](=O)[O-])cc12. The van der Waals surface area contributed by atoms with Gasteiger partial charge < -0.3 is 9.15 Å². The molecule has 5 aromatic rings. The minimum Gasteiger partial charge on any atom is -0.496 e. The smallest absolute Gasteiger partial charge is 0.282 e. The third-order valence-electron chi connectivity index (χ3n) is 5.16. The van der Waals surface area contributed by atoms with Crippen LogP contribution in [0.2, 0.25) is 0 Å². The number of aromatic nitrogens is 2. The molecule has 2 heterocycles. The first-order valence-electron chi connectivity index (χ1n) is 9.93. The Bertz CT molecular complexity index is 1620. The second-order valence-corrected chi connectivity index (χ2v) is 7.11. The third-order valence-corrected chi connectivity index (χ3v) is 5.16. The fourth-order valence-corrected chi connectivity index (χ4v) is 3.60. The molecule has 162 valence electrons. The molecule has 33 heavy (non-hydrogen) atoms. The fraction of sp³-hybridized carbons (Fsp3) is 0.0417. The molecule has 0 atom stereocenters. The highest BCUT2D eigenvalue weighted by molar-refractivity contribution is 5.89. The number of nitrogens with zero attached hydrogens (tertiary/aromatic N) is 4. The second-order valence-electron chi connectivity index (χ2n) is 7.11. The van der Waals surface area contributed by atoms with Gasteiger partial charge in [-0.3, -0.25) is 14.9 Å². The molecule has 0 amide bonds. The molecule has 0 aliphatic rings. The maximum atomic E-state index is 13.3. The van der Waals surface area contributed by atoms with E-state index in [4.69, 9.17) is 9.15 Å². The first kappa shape index (κ1) is 20.1. The number of furan rings is 1. The van der Waals surface area contributed by atoms with Crippen LogP contribution in [-0.4, -0.2) is 27.9 Å². The van der Waals surface area contributed by atoms with Gasteiger partial charge in [-0.2, -0.15) is 9.78 Å². The van der Waals surface area contributed by atoms with E-state index < -0.39 is 10.5 Å². The van der Waals surface area contributed by atoms with Crippen LogP contribution in [0, 0.1) is 10.1 Å². The van der Waals surface area contributed by atoms with E-state index in [9.17, 15) is 14.9 Å². The fourth-order valence-electron chi connectivity index (χ4n) is 3.60. The highest BCUT2D eigenvalue weighted by atomic mass is 16.6.